The quantitative estimate of drug-likeness (QED) is 0.483. The SMILES string of the molecule is CN(C)CCS(=O)(=O)NCc1nc2ccc(-c3c[nH]c4cc(F)ccc34)cc2o1. The highest BCUT2D eigenvalue weighted by Gasteiger charge is 2.14. The fourth-order valence-corrected chi connectivity index (χ4v) is 4.19. The average Bonchev–Trinajstić information content (AvgIpc) is 3.27. The van der Waals surface area contributed by atoms with Crippen LogP contribution in [-0.4, -0.2) is 49.7 Å². The molecular weight excluding hydrogens is 395 g/mol. The molecule has 0 fully saturated rings. The number of fused-ring (bicyclic) bond motifs is 2. The Balaban J connectivity index is 1.56. The minimum absolute atomic E-state index is 0.00549. The van der Waals surface area contributed by atoms with E-state index in [1.54, 1.807) is 11.0 Å². The van der Waals surface area contributed by atoms with Gasteiger partial charge in [0.05, 0.1) is 12.3 Å². The lowest BCUT2D eigenvalue weighted by atomic mass is 10.0. The zero-order chi connectivity index (χ0) is 20.6. The normalized spacial score (nSPS) is 12.4. The van der Waals surface area contributed by atoms with Gasteiger partial charge in [0.1, 0.15) is 11.3 Å². The van der Waals surface area contributed by atoms with Crippen LogP contribution in [0.5, 0.6) is 0 Å². The van der Waals surface area contributed by atoms with E-state index in [2.05, 4.69) is 14.7 Å². The summed E-state index contributed by atoms with van der Waals surface area (Å²) in [7, 11) is 0.225. The largest absolute Gasteiger partial charge is 0.439 e. The summed E-state index contributed by atoms with van der Waals surface area (Å²) >= 11 is 0. The van der Waals surface area contributed by atoms with Gasteiger partial charge in [0.15, 0.2) is 5.58 Å². The van der Waals surface area contributed by atoms with Crippen LogP contribution in [0.2, 0.25) is 0 Å². The van der Waals surface area contributed by atoms with E-state index in [9.17, 15) is 12.8 Å². The van der Waals surface area contributed by atoms with E-state index in [0.29, 0.717) is 29.1 Å². The number of rotatable bonds is 7. The van der Waals surface area contributed by atoms with E-state index >= 15 is 0 Å². The highest BCUT2D eigenvalue weighted by Crippen LogP contribution is 2.31. The van der Waals surface area contributed by atoms with Crippen molar-refractivity contribution in [3.05, 3.63) is 54.3 Å². The number of aromatic nitrogens is 2. The lowest BCUT2D eigenvalue weighted by Crippen LogP contribution is -2.31. The van der Waals surface area contributed by atoms with Gasteiger partial charge in [-0.2, -0.15) is 0 Å². The molecule has 0 aliphatic rings. The molecule has 0 bridgehead atoms. The molecule has 2 N–H and O–H groups in total. The minimum atomic E-state index is -3.41. The number of H-pyrrole nitrogens is 1. The van der Waals surface area contributed by atoms with Crippen molar-refractivity contribution in [3.63, 3.8) is 0 Å². The third-order valence-corrected chi connectivity index (χ3v) is 5.94. The first-order valence-corrected chi connectivity index (χ1v) is 10.7. The minimum Gasteiger partial charge on any atom is -0.439 e. The highest BCUT2D eigenvalue weighted by atomic mass is 32.2. The standard InChI is InChI=1S/C20H21FN4O3S/c1-25(2)7-8-29(26,27)23-12-20-24-17-6-3-13(9-19(17)28-20)16-11-22-18-10-14(21)4-5-15(16)18/h3-6,9-11,22-23H,7-8,12H2,1-2H3. The van der Waals surface area contributed by atoms with Crippen molar-refractivity contribution < 1.29 is 17.2 Å². The fraction of sp³-hybridized carbons (Fsp3) is 0.250. The lowest BCUT2D eigenvalue weighted by molar-refractivity contribution is 0.430. The van der Waals surface area contributed by atoms with Gasteiger partial charge in [0, 0.05) is 29.2 Å². The summed E-state index contributed by atoms with van der Waals surface area (Å²) in [6.07, 6.45) is 1.82. The maximum Gasteiger partial charge on any atom is 0.213 e. The van der Waals surface area contributed by atoms with Crippen LogP contribution in [0.4, 0.5) is 4.39 Å². The summed E-state index contributed by atoms with van der Waals surface area (Å²) in [5.74, 6) is 0.00627. The molecule has 0 saturated carbocycles. The van der Waals surface area contributed by atoms with Gasteiger partial charge in [-0.25, -0.2) is 22.5 Å². The molecule has 0 saturated heterocycles. The molecule has 0 spiro atoms. The molecule has 7 nitrogen and oxygen atoms in total. The Hall–Kier alpha value is -2.75. The Morgan fingerprint density at radius 2 is 2.03 bits per heavy atom. The van der Waals surface area contributed by atoms with Gasteiger partial charge < -0.3 is 14.3 Å². The monoisotopic (exact) mass is 416 g/mol. The second-order valence-electron chi connectivity index (χ2n) is 7.13. The maximum absolute atomic E-state index is 13.4. The second-order valence-corrected chi connectivity index (χ2v) is 9.05. The molecule has 9 heteroatoms. The summed E-state index contributed by atoms with van der Waals surface area (Å²) in [5, 5.41) is 0.902. The molecule has 2 aromatic heterocycles. The molecule has 152 valence electrons. The molecule has 2 heterocycles. The maximum atomic E-state index is 13.4. The van der Waals surface area contributed by atoms with Gasteiger partial charge in [0.2, 0.25) is 15.9 Å². The van der Waals surface area contributed by atoms with E-state index in [1.807, 2.05) is 38.5 Å². The molecule has 0 radical (unpaired) electrons. The summed E-state index contributed by atoms with van der Waals surface area (Å²) in [6.45, 7) is 0.424. The molecule has 2 aromatic carbocycles. The number of oxazole rings is 1. The number of sulfonamides is 1. The number of hydrogen-bond acceptors (Lipinski definition) is 5. The average molecular weight is 416 g/mol. The Morgan fingerprint density at radius 3 is 2.83 bits per heavy atom. The number of nitrogens with one attached hydrogen (secondary N) is 2. The van der Waals surface area contributed by atoms with Gasteiger partial charge in [-0.05, 0) is 50.0 Å². The predicted octanol–water partition coefficient (Wildman–Crippen LogP) is 3.10. The molecule has 29 heavy (non-hydrogen) atoms. The number of aromatic amines is 1. The van der Waals surface area contributed by atoms with Gasteiger partial charge in [-0.1, -0.05) is 6.07 Å². The second kappa shape index (κ2) is 7.58. The van der Waals surface area contributed by atoms with E-state index < -0.39 is 10.0 Å². The fourth-order valence-electron chi connectivity index (χ4n) is 3.10. The van der Waals surface area contributed by atoms with E-state index in [0.717, 1.165) is 16.5 Å². The molecule has 0 aliphatic carbocycles. The summed E-state index contributed by atoms with van der Waals surface area (Å²) in [6, 6.07) is 10.2. The molecule has 0 amide bonds. The molecule has 4 rings (SSSR count). The Kier molecular flexibility index (Phi) is 5.12. The zero-order valence-corrected chi connectivity index (χ0v) is 16.9. The van der Waals surface area contributed by atoms with Crippen LogP contribution >= 0.6 is 0 Å². The van der Waals surface area contributed by atoms with Crippen LogP contribution in [0.25, 0.3) is 33.1 Å². The van der Waals surface area contributed by atoms with Crippen molar-refractivity contribution in [1.82, 2.24) is 19.6 Å². The Bertz CT molecular complexity index is 1280. The van der Waals surface area contributed by atoms with E-state index in [-0.39, 0.29) is 18.1 Å². The van der Waals surface area contributed by atoms with Gasteiger partial charge in [-0.3, -0.25) is 0 Å². The van der Waals surface area contributed by atoms with Crippen LogP contribution in [0.1, 0.15) is 5.89 Å². The van der Waals surface area contributed by atoms with Crippen molar-refractivity contribution in [2.45, 2.75) is 6.54 Å². The van der Waals surface area contributed by atoms with Gasteiger partial charge >= 0.3 is 0 Å². The lowest BCUT2D eigenvalue weighted by Gasteiger charge is -2.09. The number of halogens is 1. The van der Waals surface area contributed by atoms with Crippen LogP contribution in [0.15, 0.2) is 47.0 Å². The van der Waals surface area contributed by atoms with Crippen LogP contribution in [-0.2, 0) is 16.6 Å². The van der Waals surface area contributed by atoms with Crippen LogP contribution in [0, 0.1) is 5.82 Å². The number of hydrogen-bond donors (Lipinski definition) is 2. The van der Waals surface area contributed by atoms with Crippen molar-refractivity contribution in [1.29, 1.82) is 0 Å². The van der Waals surface area contributed by atoms with Gasteiger partial charge in [0.25, 0.3) is 0 Å². The zero-order valence-electron chi connectivity index (χ0n) is 16.1. The first-order valence-electron chi connectivity index (χ1n) is 9.09. The molecule has 0 atom stereocenters. The van der Waals surface area contributed by atoms with Crippen LogP contribution < -0.4 is 4.72 Å². The van der Waals surface area contributed by atoms with Crippen molar-refractivity contribution >= 4 is 32.0 Å². The predicted molar refractivity (Wildman–Crippen MR) is 110 cm³/mol. The highest BCUT2D eigenvalue weighted by molar-refractivity contribution is 7.89. The Morgan fingerprint density at radius 1 is 1.21 bits per heavy atom. The van der Waals surface area contributed by atoms with Crippen molar-refractivity contribution in [3.8, 4) is 11.1 Å². The number of benzene rings is 2. The van der Waals surface area contributed by atoms with Crippen molar-refractivity contribution in [2.75, 3.05) is 26.4 Å². The third kappa shape index (κ3) is 4.31. The Labute approximate surface area is 167 Å². The summed E-state index contributed by atoms with van der Waals surface area (Å²) in [4.78, 5) is 9.22. The van der Waals surface area contributed by atoms with Crippen LogP contribution in [0.3, 0.4) is 0 Å². The summed E-state index contributed by atoms with van der Waals surface area (Å²) in [5.41, 5.74) is 3.72. The summed E-state index contributed by atoms with van der Waals surface area (Å²) < 4.78 is 45.7. The third-order valence-electron chi connectivity index (χ3n) is 4.64. The van der Waals surface area contributed by atoms with Gasteiger partial charge in [-0.15, -0.1) is 0 Å². The molecular formula is C20H21FN4O3S. The molecule has 0 unspecified atom stereocenters. The first-order chi connectivity index (χ1) is 13.8. The first kappa shape index (κ1) is 19.6. The number of nitrogens with zero attached hydrogens (tertiary/aromatic N) is 2. The van der Waals surface area contributed by atoms with E-state index in [4.69, 9.17) is 4.42 Å². The smallest absolute Gasteiger partial charge is 0.213 e. The molecule has 0 aliphatic heterocycles. The van der Waals surface area contributed by atoms with Crippen molar-refractivity contribution in [2.24, 2.45) is 0 Å². The van der Waals surface area contributed by atoms with E-state index in [1.165, 1.54) is 12.1 Å². The topological polar surface area (TPSA) is 91.2 Å². The molecule has 4 aromatic rings.